The van der Waals surface area contributed by atoms with Crippen molar-refractivity contribution in [3.63, 3.8) is 0 Å². The molecular formula is C18H23N5O. The highest BCUT2D eigenvalue weighted by Crippen LogP contribution is 2.27. The zero-order valence-corrected chi connectivity index (χ0v) is 14.0. The Morgan fingerprint density at radius 3 is 2.46 bits per heavy atom. The van der Waals surface area contributed by atoms with E-state index in [0.29, 0.717) is 17.5 Å². The lowest BCUT2D eigenvalue weighted by molar-refractivity contribution is 0.0752. The summed E-state index contributed by atoms with van der Waals surface area (Å²) in [5, 5.41) is 11.7. The second-order valence-electron chi connectivity index (χ2n) is 6.93. The SMILES string of the molecule is Cc1ccc(-n2cc(C(=O)N3CC[C@@H]4CNC[C@@H]4CC3)nn2)cc1. The minimum Gasteiger partial charge on any atom is -0.337 e. The lowest BCUT2D eigenvalue weighted by atomic mass is 9.92. The quantitative estimate of drug-likeness (QED) is 0.912. The second-order valence-corrected chi connectivity index (χ2v) is 6.93. The zero-order valence-electron chi connectivity index (χ0n) is 14.0. The van der Waals surface area contributed by atoms with Crippen LogP contribution in [0.3, 0.4) is 0 Å². The van der Waals surface area contributed by atoms with Crippen molar-refractivity contribution in [2.75, 3.05) is 26.2 Å². The number of nitrogens with one attached hydrogen (secondary N) is 1. The van der Waals surface area contributed by atoms with Gasteiger partial charge in [0.2, 0.25) is 0 Å². The van der Waals surface area contributed by atoms with E-state index in [1.54, 1.807) is 10.9 Å². The average molecular weight is 325 g/mol. The smallest absolute Gasteiger partial charge is 0.276 e. The van der Waals surface area contributed by atoms with Crippen LogP contribution in [-0.4, -0.2) is 52.0 Å². The van der Waals surface area contributed by atoms with Crippen molar-refractivity contribution in [2.45, 2.75) is 19.8 Å². The fourth-order valence-corrected chi connectivity index (χ4v) is 3.77. The Kier molecular flexibility index (Phi) is 4.06. The van der Waals surface area contributed by atoms with E-state index in [9.17, 15) is 4.79 Å². The number of rotatable bonds is 2. The number of hydrogen-bond donors (Lipinski definition) is 1. The van der Waals surface area contributed by atoms with Crippen LogP contribution in [0.25, 0.3) is 5.69 Å². The highest BCUT2D eigenvalue weighted by atomic mass is 16.2. The molecule has 0 unspecified atom stereocenters. The molecule has 1 amide bonds. The largest absolute Gasteiger partial charge is 0.337 e. The second kappa shape index (κ2) is 6.36. The summed E-state index contributed by atoms with van der Waals surface area (Å²) >= 11 is 0. The molecule has 6 nitrogen and oxygen atoms in total. The summed E-state index contributed by atoms with van der Waals surface area (Å²) in [5.74, 6) is 1.43. The van der Waals surface area contributed by atoms with Gasteiger partial charge in [-0.1, -0.05) is 22.9 Å². The molecule has 6 heteroatoms. The molecule has 4 rings (SSSR count). The van der Waals surface area contributed by atoms with Crippen molar-refractivity contribution in [3.8, 4) is 5.69 Å². The number of fused-ring (bicyclic) bond motifs is 1. The normalized spacial score (nSPS) is 23.8. The first-order chi connectivity index (χ1) is 11.7. The maximum Gasteiger partial charge on any atom is 0.276 e. The van der Waals surface area contributed by atoms with Crippen molar-refractivity contribution in [1.29, 1.82) is 0 Å². The third-order valence-corrected chi connectivity index (χ3v) is 5.32. The maximum atomic E-state index is 12.8. The molecule has 2 aromatic rings. The number of aryl methyl sites for hydroxylation is 1. The standard InChI is InChI=1S/C18H23N5O/c1-13-2-4-16(5-3-13)23-12-17(20-21-23)18(24)22-8-6-14-10-19-11-15(14)7-9-22/h2-5,12,14-15,19H,6-11H2,1H3/t14-,15+. The van der Waals surface area contributed by atoms with Gasteiger partial charge in [0, 0.05) is 13.1 Å². The van der Waals surface area contributed by atoms with E-state index in [4.69, 9.17) is 0 Å². The van der Waals surface area contributed by atoms with Crippen LogP contribution in [0.4, 0.5) is 0 Å². The molecule has 0 bridgehead atoms. The molecule has 126 valence electrons. The van der Waals surface area contributed by atoms with Crippen LogP contribution in [-0.2, 0) is 0 Å². The number of carbonyl (C=O) groups is 1. The Hall–Kier alpha value is -2.21. The first-order valence-corrected chi connectivity index (χ1v) is 8.70. The van der Waals surface area contributed by atoms with Gasteiger partial charge in [-0.3, -0.25) is 4.79 Å². The molecule has 0 radical (unpaired) electrons. The predicted molar refractivity (Wildman–Crippen MR) is 91.1 cm³/mol. The van der Waals surface area contributed by atoms with Crippen LogP contribution < -0.4 is 5.32 Å². The molecule has 3 heterocycles. The van der Waals surface area contributed by atoms with E-state index in [2.05, 4.69) is 15.6 Å². The van der Waals surface area contributed by atoms with Gasteiger partial charge in [0.1, 0.15) is 0 Å². The summed E-state index contributed by atoms with van der Waals surface area (Å²) < 4.78 is 1.67. The minimum absolute atomic E-state index is 0.00120. The summed E-state index contributed by atoms with van der Waals surface area (Å²) in [6, 6.07) is 8.02. The molecule has 2 aliphatic heterocycles. The van der Waals surface area contributed by atoms with Gasteiger partial charge in [-0.15, -0.1) is 5.10 Å². The van der Waals surface area contributed by atoms with Gasteiger partial charge in [0.15, 0.2) is 5.69 Å². The van der Waals surface area contributed by atoms with E-state index in [0.717, 1.165) is 44.7 Å². The molecule has 0 saturated carbocycles. The first kappa shape index (κ1) is 15.3. The molecule has 1 aromatic heterocycles. The Balaban J connectivity index is 1.47. The Bertz CT molecular complexity index is 709. The van der Waals surface area contributed by atoms with E-state index in [-0.39, 0.29) is 5.91 Å². The molecule has 2 fully saturated rings. The van der Waals surface area contributed by atoms with Crippen LogP contribution in [0.2, 0.25) is 0 Å². The minimum atomic E-state index is 0.00120. The van der Waals surface area contributed by atoms with Crippen molar-refractivity contribution < 1.29 is 4.79 Å². The molecule has 2 aliphatic rings. The van der Waals surface area contributed by atoms with Crippen LogP contribution >= 0.6 is 0 Å². The molecule has 1 aromatic carbocycles. The predicted octanol–water partition coefficient (Wildman–Crippen LogP) is 1.65. The molecule has 1 N–H and O–H groups in total. The fourth-order valence-electron chi connectivity index (χ4n) is 3.77. The summed E-state index contributed by atoms with van der Waals surface area (Å²) in [7, 11) is 0. The number of likely N-dealkylation sites (tertiary alicyclic amines) is 1. The van der Waals surface area contributed by atoms with Crippen molar-refractivity contribution in [2.24, 2.45) is 11.8 Å². The van der Waals surface area contributed by atoms with Gasteiger partial charge in [-0.05, 0) is 56.8 Å². The van der Waals surface area contributed by atoms with Crippen LogP contribution in [0.15, 0.2) is 30.5 Å². The van der Waals surface area contributed by atoms with Gasteiger partial charge in [-0.2, -0.15) is 0 Å². The number of aromatic nitrogens is 3. The highest BCUT2D eigenvalue weighted by molar-refractivity contribution is 5.92. The van der Waals surface area contributed by atoms with Gasteiger partial charge in [-0.25, -0.2) is 4.68 Å². The number of amides is 1. The Morgan fingerprint density at radius 1 is 1.12 bits per heavy atom. The van der Waals surface area contributed by atoms with Gasteiger partial charge < -0.3 is 10.2 Å². The number of nitrogens with zero attached hydrogens (tertiary/aromatic N) is 4. The lowest BCUT2D eigenvalue weighted by Gasteiger charge is -2.19. The number of benzene rings is 1. The molecular weight excluding hydrogens is 302 g/mol. The van der Waals surface area contributed by atoms with Crippen LogP contribution in [0.1, 0.15) is 28.9 Å². The van der Waals surface area contributed by atoms with Crippen LogP contribution in [0, 0.1) is 18.8 Å². The average Bonchev–Trinajstić information content (AvgIpc) is 3.21. The third-order valence-electron chi connectivity index (χ3n) is 5.32. The van der Waals surface area contributed by atoms with Crippen LogP contribution in [0.5, 0.6) is 0 Å². The summed E-state index contributed by atoms with van der Waals surface area (Å²) in [4.78, 5) is 14.7. The Morgan fingerprint density at radius 2 is 1.79 bits per heavy atom. The van der Waals surface area contributed by atoms with E-state index in [1.165, 1.54) is 5.56 Å². The summed E-state index contributed by atoms with van der Waals surface area (Å²) in [5.41, 5.74) is 2.55. The molecule has 0 aliphatic carbocycles. The lowest BCUT2D eigenvalue weighted by Crippen LogP contribution is -2.33. The van der Waals surface area contributed by atoms with Crippen molar-refractivity contribution in [3.05, 3.63) is 41.7 Å². The van der Waals surface area contributed by atoms with Gasteiger partial charge >= 0.3 is 0 Å². The number of hydrogen-bond acceptors (Lipinski definition) is 4. The molecule has 24 heavy (non-hydrogen) atoms. The first-order valence-electron chi connectivity index (χ1n) is 8.70. The topological polar surface area (TPSA) is 63.1 Å². The van der Waals surface area contributed by atoms with Crippen molar-refractivity contribution >= 4 is 5.91 Å². The summed E-state index contributed by atoms with van der Waals surface area (Å²) in [6.45, 7) is 5.87. The highest BCUT2D eigenvalue weighted by Gasteiger charge is 2.32. The molecule has 2 saturated heterocycles. The van der Waals surface area contributed by atoms with E-state index >= 15 is 0 Å². The zero-order chi connectivity index (χ0) is 16.5. The fraction of sp³-hybridized carbons (Fsp3) is 0.500. The summed E-state index contributed by atoms with van der Waals surface area (Å²) in [6.07, 6.45) is 3.89. The molecule has 0 spiro atoms. The molecule has 2 atom stereocenters. The monoisotopic (exact) mass is 325 g/mol. The Labute approximate surface area is 141 Å². The van der Waals surface area contributed by atoms with E-state index < -0.39 is 0 Å². The van der Waals surface area contributed by atoms with Gasteiger partial charge in [0.25, 0.3) is 5.91 Å². The third kappa shape index (κ3) is 2.94. The van der Waals surface area contributed by atoms with Gasteiger partial charge in [0.05, 0.1) is 11.9 Å². The van der Waals surface area contributed by atoms with Crippen molar-refractivity contribution in [1.82, 2.24) is 25.2 Å². The van der Waals surface area contributed by atoms with E-state index in [1.807, 2.05) is 36.1 Å². The number of carbonyl (C=O) groups excluding carboxylic acids is 1. The maximum absolute atomic E-state index is 12.8.